The number of furan rings is 1. The van der Waals surface area contributed by atoms with Crippen molar-refractivity contribution in [3.05, 3.63) is 24.2 Å². The zero-order chi connectivity index (χ0) is 12.3. The van der Waals surface area contributed by atoms with Gasteiger partial charge >= 0.3 is 0 Å². The lowest BCUT2D eigenvalue weighted by molar-refractivity contribution is 0.102. The van der Waals surface area contributed by atoms with Crippen LogP contribution >= 0.6 is 0 Å². The molecule has 0 bridgehead atoms. The van der Waals surface area contributed by atoms with Crippen LogP contribution in [-0.2, 0) is 6.54 Å². The molecule has 0 amide bonds. The number of hydrogen-bond acceptors (Lipinski definition) is 4. The molecule has 1 saturated heterocycles. The molecule has 17 heavy (non-hydrogen) atoms. The van der Waals surface area contributed by atoms with E-state index < -0.39 is 0 Å². The van der Waals surface area contributed by atoms with Gasteiger partial charge in [-0.2, -0.15) is 0 Å². The van der Waals surface area contributed by atoms with Gasteiger partial charge in [0.05, 0.1) is 19.4 Å². The summed E-state index contributed by atoms with van der Waals surface area (Å²) in [6, 6.07) is 4.11. The van der Waals surface area contributed by atoms with Crippen LogP contribution in [0, 0.1) is 5.92 Å². The number of aliphatic hydroxyl groups is 1. The van der Waals surface area contributed by atoms with Crippen molar-refractivity contribution < 1.29 is 9.52 Å². The Morgan fingerprint density at radius 3 is 2.88 bits per heavy atom. The molecule has 0 aliphatic carbocycles. The maximum absolute atomic E-state index is 9.52. The summed E-state index contributed by atoms with van der Waals surface area (Å²) in [4.78, 5) is 4.63. The molecule has 2 unspecified atom stereocenters. The third-order valence-electron chi connectivity index (χ3n) is 3.36. The Labute approximate surface area is 103 Å². The van der Waals surface area contributed by atoms with Crippen molar-refractivity contribution in [2.75, 3.05) is 33.3 Å². The number of rotatable bonds is 3. The quantitative estimate of drug-likeness (QED) is 0.853. The van der Waals surface area contributed by atoms with Crippen molar-refractivity contribution in [1.29, 1.82) is 0 Å². The summed E-state index contributed by atoms with van der Waals surface area (Å²) >= 11 is 0. The van der Waals surface area contributed by atoms with Crippen LogP contribution in [0.4, 0.5) is 0 Å². The minimum Gasteiger partial charge on any atom is -0.468 e. The van der Waals surface area contributed by atoms with Gasteiger partial charge in [0.15, 0.2) is 0 Å². The average molecular weight is 238 g/mol. The van der Waals surface area contributed by atoms with E-state index in [4.69, 9.17) is 4.42 Å². The number of aliphatic hydroxyl groups excluding tert-OH is 1. The number of nitrogens with zero attached hydrogens (tertiary/aromatic N) is 2. The van der Waals surface area contributed by atoms with Crippen LogP contribution in [0.15, 0.2) is 22.8 Å². The summed E-state index contributed by atoms with van der Waals surface area (Å²) in [7, 11) is 2.12. The monoisotopic (exact) mass is 238 g/mol. The first kappa shape index (κ1) is 12.6. The predicted octanol–water partition coefficient (Wildman–Crippen LogP) is 1.02. The highest BCUT2D eigenvalue weighted by Gasteiger charge is 2.26. The highest BCUT2D eigenvalue weighted by Crippen LogP contribution is 2.16. The SMILES string of the molecule is CC1CN(C)CC(CO)N(Cc2ccco2)C1. The van der Waals surface area contributed by atoms with E-state index in [1.807, 2.05) is 12.1 Å². The normalized spacial score (nSPS) is 28.2. The molecular formula is C13H22N2O2. The summed E-state index contributed by atoms with van der Waals surface area (Å²) in [5.41, 5.74) is 0. The van der Waals surface area contributed by atoms with Crippen molar-refractivity contribution >= 4 is 0 Å². The smallest absolute Gasteiger partial charge is 0.117 e. The molecule has 1 aromatic heterocycles. The van der Waals surface area contributed by atoms with E-state index in [0.717, 1.165) is 31.9 Å². The molecule has 0 radical (unpaired) electrons. The Hall–Kier alpha value is -0.840. The van der Waals surface area contributed by atoms with Crippen molar-refractivity contribution in [2.45, 2.75) is 19.5 Å². The largest absolute Gasteiger partial charge is 0.468 e. The van der Waals surface area contributed by atoms with Crippen LogP contribution in [0.25, 0.3) is 0 Å². The molecule has 2 atom stereocenters. The van der Waals surface area contributed by atoms with Gasteiger partial charge < -0.3 is 14.4 Å². The van der Waals surface area contributed by atoms with Gasteiger partial charge in [-0.15, -0.1) is 0 Å². The molecule has 0 saturated carbocycles. The minimum absolute atomic E-state index is 0.204. The topological polar surface area (TPSA) is 39.9 Å². The van der Waals surface area contributed by atoms with Gasteiger partial charge in [-0.05, 0) is 25.1 Å². The highest BCUT2D eigenvalue weighted by atomic mass is 16.3. The fourth-order valence-corrected chi connectivity index (χ4v) is 2.66. The Bertz CT molecular complexity index is 326. The third kappa shape index (κ3) is 3.31. The second-order valence-electron chi connectivity index (χ2n) is 5.17. The molecule has 4 nitrogen and oxygen atoms in total. The fourth-order valence-electron chi connectivity index (χ4n) is 2.66. The zero-order valence-corrected chi connectivity index (χ0v) is 10.7. The van der Waals surface area contributed by atoms with Gasteiger partial charge in [0, 0.05) is 25.7 Å². The van der Waals surface area contributed by atoms with Gasteiger partial charge in [-0.3, -0.25) is 4.90 Å². The van der Waals surface area contributed by atoms with Gasteiger partial charge in [0.2, 0.25) is 0 Å². The second-order valence-corrected chi connectivity index (χ2v) is 5.17. The van der Waals surface area contributed by atoms with Crippen molar-refractivity contribution in [1.82, 2.24) is 9.80 Å². The van der Waals surface area contributed by atoms with E-state index in [2.05, 4.69) is 23.8 Å². The van der Waals surface area contributed by atoms with Gasteiger partial charge in [-0.1, -0.05) is 6.92 Å². The summed E-state index contributed by atoms with van der Waals surface area (Å²) in [5, 5.41) is 9.52. The molecule has 4 heteroatoms. The lowest BCUT2D eigenvalue weighted by Gasteiger charge is -2.29. The van der Waals surface area contributed by atoms with Crippen LogP contribution in [0.1, 0.15) is 12.7 Å². The van der Waals surface area contributed by atoms with Crippen LogP contribution in [0.2, 0.25) is 0 Å². The molecule has 2 heterocycles. The van der Waals surface area contributed by atoms with Gasteiger partial charge in [0.1, 0.15) is 5.76 Å². The van der Waals surface area contributed by atoms with Crippen molar-refractivity contribution in [3.63, 3.8) is 0 Å². The first-order valence-corrected chi connectivity index (χ1v) is 6.25. The van der Waals surface area contributed by atoms with E-state index in [9.17, 15) is 5.11 Å². The Morgan fingerprint density at radius 2 is 2.24 bits per heavy atom. The van der Waals surface area contributed by atoms with Crippen molar-refractivity contribution in [3.8, 4) is 0 Å². The Morgan fingerprint density at radius 1 is 1.41 bits per heavy atom. The lowest BCUT2D eigenvalue weighted by Crippen LogP contribution is -2.42. The molecule has 1 aliphatic heterocycles. The molecule has 1 N–H and O–H groups in total. The van der Waals surface area contributed by atoms with E-state index in [1.54, 1.807) is 6.26 Å². The summed E-state index contributed by atoms with van der Waals surface area (Å²) in [5.74, 6) is 1.59. The average Bonchev–Trinajstić information content (AvgIpc) is 2.72. The molecule has 1 aliphatic rings. The molecule has 0 spiro atoms. The van der Waals surface area contributed by atoms with Crippen LogP contribution in [0.3, 0.4) is 0 Å². The van der Waals surface area contributed by atoms with Gasteiger partial charge in [0.25, 0.3) is 0 Å². The van der Waals surface area contributed by atoms with Crippen LogP contribution in [-0.4, -0.2) is 54.2 Å². The molecule has 2 rings (SSSR count). The minimum atomic E-state index is 0.204. The maximum Gasteiger partial charge on any atom is 0.117 e. The molecule has 0 aromatic carbocycles. The molecular weight excluding hydrogens is 216 g/mol. The fraction of sp³-hybridized carbons (Fsp3) is 0.692. The second kappa shape index (κ2) is 5.67. The van der Waals surface area contributed by atoms with E-state index in [1.165, 1.54) is 0 Å². The van der Waals surface area contributed by atoms with E-state index in [-0.39, 0.29) is 12.6 Å². The van der Waals surface area contributed by atoms with Crippen molar-refractivity contribution in [2.24, 2.45) is 5.92 Å². The summed E-state index contributed by atoms with van der Waals surface area (Å²) in [6.07, 6.45) is 1.71. The molecule has 96 valence electrons. The first-order chi connectivity index (χ1) is 8.19. The summed E-state index contributed by atoms with van der Waals surface area (Å²) < 4.78 is 5.40. The van der Waals surface area contributed by atoms with E-state index >= 15 is 0 Å². The first-order valence-electron chi connectivity index (χ1n) is 6.25. The molecule has 1 aromatic rings. The standard InChI is InChI=1S/C13H22N2O2/c1-11-6-14(2)8-12(10-16)15(7-11)9-13-4-3-5-17-13/h3-5,11-12,16H,6-10H2,1-2H3. The van der Waals surface area contributed by atoms with Crippen LogP contribution < -0.4 is 0 Å². The summed E-state index contributed by atoms with van der Waals surface area (Å²) in [6.45, 7) is 6.27. The predicted molar refractivity (Wildman–Crippen MR) is 66.7 cm³/mol. The maximum atomic E-state index is 9.52. The van der Waals surface area contributed by atoms with Gasteiger partial charge in [-0.25, -0.2) is 0 Å². The lowest BCUT2D eigenvalue weighted by atomic mass is 10.1. The third-order valence-corrected chi connectivity index (χ3v) is 3.36. The van der Waals surface area contributed by atoms with Crippen LogP contribution in [0.5, 0.6) is 0 Å². The zero-order valence-electron chi connectivity index (χ0n) is 10.7. The Kier molecular flexibility index (Phi) is 4.20. The highest BCUT2D eigenvalue weighted by molar-refractivity contribution is 4.99. The molecule has 1 fully saturated rings. The van der Waals surface area contributed by atoms with E-state index in [0.29, 0.717) is 5.92 Å². The number of hydrogen-bond donors (Lipinski definition) is 1. The Balaban J connectivity index is 2.05. The number of likely N-dealkylation sites (N-methyl/N-ethyl adjacent to an activating group) is 1.